The average Bonchev–Trinajstić information content (AvgIpc) is 3.58. The fourth-order valence-electron chi connectivity index (χ4n) is 4.83. The number of rotatable bonds is 4. The van der Waals surface area contributed by atoms with Crippen molar-refractivity contribution in [2.45, 2.75) is 23.5 Å². The van der Waals surface area contributed by atoms with Gasteiger partial charge in [0.15, 0.2) is 9.84 Å². The third kappa shape index (κ3) is 3.48. The van der Waals surface area contributed by atoms with Gasteiger partial charge in [0.2, 0.25) is 5.95 Å². The molecule has 2 aliphatic heterocycles. The molecule has 2 aromatic carbocycles. The van der Waals surface area contributed by atoms with Crippen molar-refractivity contribution in [3.63, 3.8) is 0 Å². The molecule has 0 saturated carbocycles. The number of nitrogens with zero attached hydrogens (tertiary/aromatic N) is 4. The van der Waals surface area contributed by atoms with Gasteiger partial charge in [0, 0.05) is 47.9 Å². The topological polar surface area (TPSA) is 94.4 Å². The van der Waals surface area contributed by atoms with Crippen LogP contribution in [0.5, 0.6) is 0 Å². The van der Waals surface area contributed by atoms with E-state index in [-0.39, 0.29) is 22.9 Å². The van der Waals surface area contributed by atoms with Crippen molar-refractivity contribution in [2.75, 3.05) is 19.4 Å². The van der Waals surface area contributed by atoms with Gasteiger partial charge in [-0.3, -0.25) is 9.36 Å². The highest BCUT2D eigenvalue weighted by Gasteiger charge is 2.41. The third-order valence-electron chi connectivity index (χ3n) is 6.54. The Morgan fingerprint density at radius 3 is 2.47 bits per heavy atom. The standard InChI is InChI=1S/C25H22N4O4S/c1-34(31,32)23-14-29(25-26-11-18(12-27-25)16-5-3-2-4-6-16)22-9-17(7-8-21(22)23)24(30)28-13-20-10-19(28)15-33-20/h2-9,11-12,14,19-20H,10,13,15H2,1H3/t19-,20-/m1/s1. The molecule has 0 N–H and O–H groups in total. The van der Waals surface area contributed by atoms with Gasteiger partial charge in [-0.2, -0.15) is 0 Å². The van der Waals surface area contributed by atoms with E-state index in [1.165, 1.54) is 12.5 Å². The summed E-state index contributed by atoms with van der Waals surface area (Å²) >= 11 is 0. The van der Waals surface area contributed by atoms with Crippen LogP contribution in [0.15, 0.2) is 72.0 Å². The number of morpholine rings is 1. The van der Waals surface area contributed by atoms with E-state index < -0.39 is 9.84 Å². The summed E-state index contributed by atoms with van der Waals surface area (Å²) in [4.78, 5) is 24.3. The maximum Gasteiger partial charge on any atom is 0.254 e. The zero-order chi connectivity index (χ0) is 23.4. The third-order valence-corrected chi connectivity index (χ3v) is 7.66. The number of carbonyl (C=O) groups is 1. The lowest BCUT2D eigenvalue weighted by Gasteiger charge is -2.27. The highest BCUT2D eigenvalue weighted by Crippen LogP contribution is 2.32. The molecule has 2 atom stereocenters. The largest absolute Gasteiger partial charge is 0.374 e. The summed E-state index contributed by atoms with van der Waals surface area (Å²) in [5.41, 5.74) is 2.91. The fourth-order valence-corrected chi connectivity index (χ4v) is 5.70. The molecule has 4 aromatic rings. The first-order valence-corrected chi connectivity index (χ1v) is 12.9. The molecule has 6 rings (SSSR count). The van der Waals surface area contributed by atoms with Crippen LogP contribution in [0.1, 0.15) is 16.8 Å². The minimum atomic E-state index is -3.51. The Balaban J connectivity index is 1.44. The van der Waals surface area contributed by atoms with Gasteiger partial charge < -0.3 is 9.64 Å². The van der Waals surface area contributed by atoms with Crippen molar-refractivity contribution in [1.29, 1.82) is 0 Å². The van der Waals surface area contributed by atoms with E-state index in [0.717, 1.165) is 17.5 Å². The van der Waals surface area contributed by atoms with E-state index in [1.54, 1.807) is 35.2 Å². The van der Waals surface area contributed by atoms with Crippen LogP contribution in [0.4, 0.5) is 0 Å². The monoisotopic (exact) mass is 474 g/mol. The SMILES string of the molecule is CS(=O)(=O)c1cn(-c2ncc(-c3ccccc3)cn2)c2cc(C(=O)N3C[C@H]4C[C@@H]3CO4)ccc12. The molecule has 9 heteroatoms. The molecule has 0 radical (unpaired) electrons. The van der Waals surface area contributed by atoms with Crippen molar-refractivity contribution < 1.29 is 17.9 Å². The minimum Gasteiger partial charge on any atom is -0.374 e. The molecule has 4 heterocycles. The Morgan fingerprint density at radius 2 is 1.82 bits per heavy atom. The van der Waals surface area contributed by atoms with Crippen LogP contribution in [-0.4, -0.2) is 65.3 Å². The van der Waals surface area contributed by atoms with Crippen molar-refractivity contribution in [2.24, 2.45) is 0 Å². The molecule has 2 bridgehead atoms. The lowest BCUT2D eigenvalue weighted by molar-refractivity contribution is 0.0259. The Morgan fingerprint density at radius 1 is 1.06 bits per heavy atom. The molecule has 0 spiro atoms. The molecule has 0 unspecified atom stereocenters. The highest BCUT2D eigenvalue weighted by atomic mass is 32.2. The Hall–Kier alpha value is -3.56. The normalized spacial score (nSPS) is 19.7. The van der Waals surface area contributed by atoms with E-state index in [9.17, 15) is 13.2 Å². The highest BCUT2D eigenvalue weighted by molar-refractivity contribution is 7.91. The number of benzene rings is 2. The summed E-state index contributed by atoms with van der Waals surface area (Å²) in [5.74, 6) is 0.254. The molecule has 0 aliphatic carbocycles. The number of hydrogen-bond donors (Lipinski definition) is 0. The average molecular weight is 475 g/mol. The van der Waals surface area contributed by atoms with E-state index >= 15 is 0 Å². The summed E-state index contributed by atoms with van der Waals surface area (Å²) in [6, 6.07) is 15.0. The zero-order valence-corrected chi connectivity index (χ0v) is 19.3. The van der Waals surface area contributed by atoms with Gasteiger partial charge >= 0.3 is 0 Å². The second-order valence-electron chi connectivity index (χ2n) is 8.81. The molecular weight excluding hydrogens is 452 g/mol. The summed E-state index contributed by atoms with van der Waals surface area (Å²) in [6.45, 7) is 1.15. The van der Waals surface area contributed by atoms with Crippen LogP contribution < -0.4 is 0 Å². The second kappa shape index (κ2) is 7.75. The smallest absolute Gasteiger partial charge is 0.254 e. The van der Waals surface area contributed by atoms with Crippen LogP contribution >= 0.6 is 0 Å². The van der Waals surface area contributed by atoms with E-state index in [0.29, 0.717) is 35.6 Å². The van der Waals surface area contributed by atoms with Crippen molar-refractivity contribution in [1.82, 2.24) is 19.4 Å². The van der Waals surface area contributed by atoms with Crippen LogP contribution in [0.25, 0.3) is 28.0 Å². The van der Waals surface area contributed by atoms with Crippen molar-refractivity contribution in [3.8, 4) is 17.1 Å². The fraction of sp³-hybridized carbons (Fsp3) is 0.240. The first-order chi connectivity index (χ1) is 16.4. The quantitative estimate of drug-likeness (QED) is 0.451. The molecular formula is C25H22N4O4S. The molecule has 2 aliphatic rings. The minimum absolute atomic E-state index is 0.0771. The molecule has 2 aromatic heterocycles. The van der Waals surface area contributed by atoms with E-state index in [2.05, 4.69) is 9.97 Å². The number of likely N-dealkylation sites (tertiary alicyclic amines) is 1. The number of hydrogen-bond acceptors (Lipinski definition) is 6. The molecule has 2 saturated heterocycles. The van der Waals surface area contributed by atoms with Crippen LogP contribution in [0.2, 0.25) is 0 Å². The molecule has 34 heavy (non-hydrogen) atoms. The van der Waals surface area contributed by atoms with Crippen LogP contribution in [0.3, 0.4) is 0 Å². The lowest BCUT2D eigenvalue weighted by atomic mass is 10.1. The molecule has 172 valence electrons. The Labute approximate surface area is 196 Å². The predicted molar refractivity (Wildman–Crippen MR) is 127 cm³/mol. The predicted octanol–water partition coefficient (Wildman–Crippen LogP) is 3.10. The first kappa shape index (κ1) is 21.0. The maximum absolute atomic E-state index is 13.2. The maximum atomic E-state index is 13.2. The van der Waals surface area contributed by atoms with Gasteiger partial charge in [-0.05, 0) is 24.1 Å². The summed E-state index contributed by atoms with van der Waals surface area (Å²) in [7, 11) is -3.51. The number of fused-ring (bicyclic) bond motifs is 3. The van der Waals surface area contributed by atoms with Crippen molar-refractivity contribution in [3.05, 3.63) is 72.7 Å². The summed E-state index contributed by atoms with van der Waals surface area (Å²) in [5, 5.41) is 0.529. The van der Waals surface area contributed by atoms with Gasteiger partial charge in [0.05, 0.1) is 29.2 Å². The van der Waals surface area contributed by atoms with Gasteiger partial charge in [-0.25, -0.2) is 18.4 Å². The summed E-state index contributed by atoms with van der Waals surface area (Å²) < 4.78 is 32.3. The van der Waals surface area contributed by atoms with E-state index in [1.807, 2.05) is 35.2 Å². The first-order valence-electron chi connectivity index (χ1n) is 11.0. The molecule has 8 nitrogen and oxygen atoms in total. The Bertz CT molecular complexity index is 1510. The number of aromatic nitrogens is 3. The van der Waals surface area contributed by atoms with Gasteiger partial charge in [0.25, 0.3) is 5.91 Å². The van der Waals surface area contributed by atoms with Crippen LogP contribution in [0, 0.1) is 0 Å². The zero-order valence-electron chi connectivity index (χ0n) is 18.5. The van der Waals surface area contributed by atoms with Gasteiger partial charge in [-0.1, -0.05) is 36.4 Å². The molecule has 2 fully saturated rings. The number of sulfone groups is 1. The Kier molecular flexibility index (Phi) is 4.79. The van der Waals surface area contributed by atoms with Crippen LogP contribution in [-0.2, 0) is 14.6 Å². The molecule has 1 amide bonds. The number of amides is 1. The van der Waals surface area contributed by atoms with Gasteiger partial charge in [0.1, 0.15) is 0 Å². The number of carbonyl (C=O) groups excluding carboxylic acids is 1. The van der Waals surface area contributed by atoms with E-state index in [4.69, 9.17) is 4.74 Å². The van der Waals surface area contributed by atoms with Crippen molar-refractivity contribution >= 4 is 26.6 Å². The second-order valence-corrected chi connectivity index (χ2v) is 10.8. The number of ether oxygens (including phenoxy) is 1. The summed E-state index contributed by atoms with van der Waals surface area (Å²) in [6.07, 6.45) is 7.08. The lowest BCUT2D eigenvalue weighted by Crippen LogP contribution is -2.41. The van der Waals surface area contributed by atoms with Gasteiger partial charge in [-0.15, -0.1) is 0 Å².